The zero-order chi connectivity index (χ0) is 22.7. The molecule has 4 N–H and O–H groups in total. The van der Waals surface area contributed by atoms with Gasteiger partial charge in [0.25, 0.3) is 0 Å². The number of hydrogen-bond acceptors (Lipinski definition) is 11. The maximum atomic E-state index is 13.4. The Morgan fingerprint density at radius 1 is 0.935 bits per heavy atom. The van der Waals surface area contributed by atoms with Crippen molar-refractivity contribution in [3.63, 3.8) is 0 Å². The Kier molecular flexibility index (Phi) is 3.15. The van der Waals surface area contributed by atoms with Crippen LogP contribution in [0.4, 0.5) is 0 Å². The first kappa shape index (κ1) is 19.9. The standard InChI is InChI=1S/C20H24O11/c1-5-12(24)28-11-8(22)18-10-6(21)7(16(2,3)4)17(18)9(23)13(25)30-15(17)31-20(18,14(26)29-10)19(5,11)27/h5-11,15,21-23,27H,1-4H3/t5-,6+,7-,8-,9-,10+,11-,15-,17+,18?,19+,20+/m0/s1. The Labute approximate surface area is 176 Å². The molecule has 4 heterocycles. The first-order valence-corrected chi connectivity index (χ1v) is 10.3. The van der Waals surface area contributed by atoms with E-state index in [1.807, 2.05) is 0 Å². The number of aliphatic hydroxyl groups is 4. The second-order valence-corrected chi connectivity index (χ2v) is 10.8. The molecule has 4 saturated heterocycles. The van der Waals surface area contributed by atoms with Crippen LogP contribution in [0.5, 0.6) is 0 Å². The molecule has 31 heavy (non-hydrogen) atoms. The van der Waals surface area contributed by atoms with Crippen molar-refractivity contribution in [1.29, 1.82) is 0 Å². The van der Waals surface area contributed by atoms with Gasteiger partial charge in [0.15, 0.2) is 17.8 Å². The van der Waals surface area contributed by atoms with Crippen molar-refractivity contribution >= 4 is 17.9 Å². The minimum Gasteiger partial charge on any atom is -0.456 e. The summed E-state index contributed by atoms with van der Waals surface area (Å²) >= 11 is 0. The highest BCUT2D eigenvalue weighted by atomic mass is 16.8. The molecule has 0 bridgehead atoms. The number of carbonyl (C=O) groups is 3. The quantitative estimate of drug-likeness (QED) is 0.234. The van der Waals surface area contributed by atoms with Gasteiger partial charge in [0.2, 0.25) is 11.9 Å². The van der Waals surface area contributed by atoms with Gasteiger partial charge in [-0.25, -0.2) is 9.59 Å². The van der Waals surface area contributed by atoms with E-state index in [4.69, 9.17) is 18.9 Å². The van der Waals surface area contributed by atoms with Gasteiger partial charge in [-0.2, -0.15) is 0 Å². The number of esters is 3. The van der Waals surface area contributed by atoms with Crippen molar-refractivity contribution in [3.8, 4) is 0 Å². The number of fused-ring (bicyclic) bond motifs is 1. The molecule has 0 amide bonds. The summed E-state index contributed by atoms with van der Waals surface area (Å²) in [6, 6.07) is 0. The predicted octanol–water partition coefficient (Wildman–Crippen LogP) is -2.40. The van der Waals surface area contributed by atoms with Gasteiger partial charge in [0, 0.05) is 5.92 Å². The first-order valence-electron chi connectivity index (χ1n) is 10.3. The Morgan fingerprint density at radius 2 is 1.58 bits per heavy atom. The lowest BCUT2D eigenvalue weighted by atomic mass is 9.51. The molecule has 2 spiro atoms. The Hall–Kier alpha value is -1.79. The van der Waals surface area contributed by atoms with E-state index in [1.165, 1.54) is 6.92 Å². The lowest BCUT2D eigenvalue weighted by Gasteiger charge is -2.47. The summed E-state index contributed by atoms with van der Waals surface area (Å²) in [5, 5.41) is 46.1. The molecule has 0 aromatic heterocycles. The van der Waals surface area contributed by atoms with Gasteiger partial charge in [0.1, 0.15) is 12.2 Å². The van der Waals surface area contributed by atoms with E-state index in [0.29, 0.717) is 0 Å². The average Bonchev–Trinajstić information content (AvgIpc) is 3.35. The number of rotatable bonds is 0. The van der Waals surface area contributed by atoms with E-state index in [-0.39, 0.29) is 0 Å². The van der Waals surface area contributed by atoms with Crippen LogP contribution in [0.15, 0.2) is 0 Å². The highest BCUT2D eigenvalue weighted by Crippen LogP contribution is 2.84. The molecule has 12 atom stereocenters. The van der Waals surface area contributed by atoms with Crippen molar-refractivity contribution in [1.82, 2.24) is 0 Å². The minimum atomic E-state index is -2.40. The van der Waals surface area contributed by atoms with E-state index < -0.39 is 94.0 Å². The van der Waals surface area contributed by atoms with Crippen LogP contribution < -0.4 is 0 Å². The van der Waals surface area contributed by atoms with Gasteiger partial charge < -0.3 is 39.4 Å². The Balaban J connectivity index is 1.75. The zero-order valence-electron chi connectivity index (χ0n) is 17.3. The first-order chi connectivity index (χ1) is 14.3. The molecule has 6 rings (SSSR count). The molecule has 1 unspecified atom stereocenters. The van der Waals surface area contributed by atoms with Crippen LogP contribution in [0, 0.1) is 28.1 Å². The topological polar surface area (TPSA) is 169 Å². The second-order valence-electron chi connectivity index (χ2n) is 10.8. The van der Waals surface area contributed by atoms with E-state index in [0.717, 1.165) is 0 Å². The van der Waals surface area contributed by atoms with Crippen LogP contribution in [0.25, 0.3) is 0 Å². The van der Waals surface area contributed by atoms with Crippen LogP contribution in [0.1, 0.15) is 27.7 Å². The molecule has 170 valence electrons. The normalized spacial score (nSPS) is 61.0. The average molecular weight is 440 g/mol. The lowest BCUT2D eigenvalue weighted by Crippen LogP contribution is -2.67. The highest BCUT2D eigenvalue weighted by molar-refractivity contribution is 5.94. The van der Waals surface area contributed by atoms with Crippen LogP contribution in [-0.2, 0) is 33.3 Å². The van der Waals surface area contributed by atoms with E-state index >= 15 is 0 Å². The largest absolute Gasteiger partial charge is 0.456 e. The van der Waals surface area contributed by atoms with Gasteiger partial charge in [0.05, 0.1) is 22.9 Å². The van der Waals surface area contributed by atoms with E-state index in [9.17, 15) is 34.8 Å². The monoisotopic (exact) mass is 440 g/mol. The van der Waals surface area contributed by atoms with Crippen LogP contribution in [0.3, 0.4) is 0 Å². The van der Waals surface area contributed by atoms with Crippen LogP contribution in [0.2, 0.25) is 0 Å². The zero-order valence-corrected chi connectivity index (χ0v) is 17.3. The molecule has 4 aliphatic heterocycles. The molecule has 11 heteroatoms. The number of hydrogen-bond donors (Lipinski definition) is 4. The summed E-state index contributed by atoms with van der Waals surface area (Å²) in [5.41, 5.74) is -9.40. The molecule has 6 fully saturated rings. The summed E-state index contributed by atoms with van der Waals surface area (Å²) < 4.78 is 22.2. The predicted molar refractivity (Wildman–Crippen MR) is 93.4 cm³/mol. The molecule has 0 aromatic rings. The minimum absolute atomic E-state index is 0.792. The summed E-state index contributed by atoms with van der Waals surface area (Å²) in [5.74, 6) is -5.22. The summed E-state index contributed by atoms with van der Waals surface area (Å²) in [6.07, 6.45) is -9.69. The third-order valence-corrected chi connectivity index (χ3v) is 8.95. The number of ether oxygens (including phenoxy) is 4. The molecule has 6 aliphatic rings. The number of carbonyl (C=O) groups excluding carboxylic acids is 3. The van der Waals surface area contributed by atoms with Crippen molar-refractivity contribution in [2.75, 3.05) is 0 Å². The van der Waals surface area contributed by atoms with Gasteiger partial charge in [-0.1, -0.05) is 20.8 Å². The van der Waals surface area contributed by atoms with Crippen molar-refractivity contribution in [3.05, 3.63) is 0 Å². The maximum Gasteiger partial charge on any atom is 0.343 e. The third kappa shape index (κ3) is 1.43. The molecule has 11 nitrogen and oxygen atoms in total. The molecular formula is C20H24O11. The van der Waals surface area contributed by atoms with Crippen molar-refractivity contribution in [2.24, 2.45) is 28.1 Å². The van der Waals surface area contributed by atoms with Gasteiger partial charge in [-0.15, -0.1) is 0 Å². The van der Waals surface area contributed by atoms with Crippen LogP contribution in [-0.4, -0.2) is 86.3 Å². The summed E-state index contributed by atoms with van der Waals surface area (Å²) in [6.45, 7) is 6.63. The van der Waals surface area contributed by atoms with Crippen molar-refractivity contribution < 1.29 is 53.8 Å². The Morgan fingerprint density at radius 3 is 2.19 bits per heavy atom. The summed E-state index contributed by atoms with van der Waals surface area (Å²) in [4.78, 5) is 38.3. The Bertz CT molecular complexity index is 957. The molecular weight excluding hydrogens is 416 g/mol. The smallest absolute Gasteiger partial charge is 0.343 e. The van der Waals surface area contributed by atoms with Gasteiger partial charge in [-0.3, -0.25) is 4.79 Å². The van der Waals surface area contributed by atoms with Gasteiger partial charge >= 0.3 is 17.9 Å². The van der Waals surface area contributed by atoms with Crippen molar-refractivity contribution in [2.45, 2.75) is 75.7 Å². The SMILES string of the molecule is C[C@H]1C(=O)O[C@H]2[C@H](O)C34[C@@H]5OC(=O)[C@]3(O[C@@H]3OC(=O)[C@H](O)[C@]34[C@H](C(C)(C)C)[C@H]5O)[C@@]12O. The highest BCUT2D eigenvalue weighted by Gasteiger charge is 3.05. The van der Waals surface area contributed by atoms with E-state index in [1.54, 1.807) is 20.8 Å². The number of aliphatic hydroxyl groups excluding tert-OH is 3. The molecule has 2 aliphatic carbocycles. The fourth-order valence-corrected chi connectivity index (χ4v) is 8.27. The lowest BCUT2D eigenvalue weighted by molar-refractivity contribution is -0.240. The second kappa shape index (κ2) is 4.91. The maximum absolute atomic E-state index is 13.4. The van der Waals surface area contributed by atoms with E-state index in [2.05, 4.69) is 0 Å². The molecule has 0 aromatic carbocycles. The third-order valence-electron chi connectivity index (χ3n) is 8.95. The van der Waals surface area contributed by atoms with Gasteiger partial charge in [-0.05, 0) is 12.3 Å². The molecule has 0 radical (unpaired) electrons. The fourth-order valence-electron chi connectivity index (χ4n) is 8.27. The fraction of sp³-hybridized carbons (Fsp3) is 0.850. The molecule has 2 saturated carbocycles. The summed E-state index contributed by atoms with van der Waals surface area (Å²) in [7, 11) is 0. The van der Waals surface area contributed by atoms with Crippen LogP contribution >= 0.6 is 0 Å².